The molecule has 19 heavy (non-hydrogen) atoms. The maximum absolute atomic E-state index is 13.7. The van der Waals surface area contributed by atoms with Crippen LogP contribution in [-0.4, -0.2) is 4.21 Å². The smallest absolute Gasteiger partial charge is 0.144 e. The zero-order chi connectivity index (χ0) is 14.0. The number of benzene rings is 2. The molecule has 100 valence electrons. The largest absolute Gasteiger partial charge is 0.254 e. The molecule has 1 unspecified atom stereocenters. The summed E-state index contributed by atoms with van der Waals surface area (Å²) in [6.07, 6.45) is 0. The van der Waals surface area contributed by atoms with Crippen LogP contribution in [-0.2, 0) is 16.6 Å². The Hall–Kier alpha value is -1.14. The van der Waals surface area contributed by atoms with Gasteiger partial charge in [-0.3, -0.25) is 4.21 Å². The van der Waals surface area contributed by atoms with Gasteiger partial charge in [-0.2, -0.15) is 0 Å². The summed E-state index contributed by atoms with van der Waals surface area (Å²) in [5.74, 6) is -2.45. The second-order valence-corrected chi connectivity index (χ2v) is 6.07. The lowest BCUT2D eigenvalue weighted by molar-refractivity contribution is 0.560. The molecule has 0 spiro atoms. The third-order valence-corrected chi connectivity index (χ3v) is 4.42. The van der Waals surface area contributed by atoms with Crippen LogP contribution >= 0.6 is 15.9 Å². The molecule has 0 amide bonds. The minimum atomic E-state index is -1.71. The average molecular weight is 349 g/mol. The maximum atomic E-state index is 13.7. The van der Waals surface area contributed by atoms with Crippen molar-refractivity contribution in [3.8, 4) is 0 Å². The fraction of sp³-hybridized carbons (Fsp3) is 0.0769. The van der Waals surface area contributed by atoms with Gasteiger partial charge in [-0.25, -0.2) is 13.2 Å². The Labute approximate surface area is 119 Å². The Kier molecular flexibility index (Phi) is 4.42. The molecule has 0 aliphatic carbocycles. The van der Waals surface area contributed by atoms with Crippen molar-refractivity contribution in [2.45, 2.75) is 10.6 Å². The fourth-order valence-corrected chi connectivity index (χ4v) is 3.06. The van der Waals surface area contributed by atoms with Gasteiger partial charge in [0.25, 0.3) is 0 Å². The van der Waals surface area contributed by atoms with E-state index in [4.69, 9.17) is 0 Å². The third kappa shape index (κ3) is 3.25. The zero-order valence-electron chi connectivity index (χ0n) is 9.50. The van der Waals surface area contributed by atoms with E-state index in [1.54, 1.807) is 0 Å². The predicted octanol–water partition coefficient (Wildman–Crippen LogP) is 4.17. The molecular weight excluding hydrogens is 341 g/mol. The van der Waals surface area contributed by atoms with E-state index in [0.29, 0.717) is 0 Å². The Bertz CT molecular complexity index is 646. The molecule has 0 saturated carbocycles. The van der Waals surface area contributed by atoms with Gasteiger partial charge in [0.2, 0.25) is 0 Å². The topological polar surface area (TPSA) is 17.1 Å². The van der Waals surface area contributed by atoms with E-state index in [9.17, 15) is 17.4 Å². The molecule has 6 heteroatoms. The lowest BCUT2D eigenvalue weighted by Crippen LogP contribution is -2.03. The Morgan fingerprint density at radius 1 is 1.11 bits per heavy atom. The van der Waals surface area contributed by atoms with E-state index in [1.165, 1.54) is 24.3 Å². The van der Waals surface area contributed by atoms with Crippen molar-refractivity contribution in [2.75, 3.05) is 0 Å². The van der Waals surface area contributed by atoms with E-state index in [2.05, 4.69) is 15.9 Å². The summed E-state index contributed by atoms with van der Waals surface area (Å²) in [7, 11) is -1.71. The molecule has 0 heterocycles. The van der Waals surface area contributed by atoms with Crippen LogP contribution in [0.2, 0.25) is 0 Å². The van der Waals surface area contributed by atoms with Gasteiger partial charge in [0, 0.05) is 10.5 Å². The first kappa shape index (κ1) is 14.3. The molecular formula is C13H8BrF3OS. The minimum Gasteiger partial charge on any atom is -0.254 e. The van der Waals surface area contributed by atoms with Crippen molar-refractivity contribution in [3.05, 3.63) is 63.9 Å². The van der Waals surface area contributed by atoms with E-state index in [0.717, 1.165) is 12.1 Å². The normalized spacial score (nSPS) is 12.4. The van der Waals surface area contributed by atoms with Gasteiger partial charge in [0.05, 0.1) is 21.0 Å². The third-order valence-electron chi connectivity index (χ3n) is 2.47. The van der Waals surface area contributed by atoms with E-state index >= 15 is 0 Å². The van der Waals surface area contributed by atoms with Gasteiger partial charge in [-0.1, -0.05) is 6.07 Å². The summed E-state index contributed by atoms with van der Waals surface area (Å²) >= 11 is 2.94. The van der Waals surface area contributed by atoms with Crippen LogP contribution in [0.1, 0.15) is 5.56 Å². The Balaban J connectivity index is 2.32. The van der Waals surface area contributed by atoms with Crippen LogP contribution in [0.3, 0.4) is 0 Å². The van der Waals surface area contributed by atoms with Gasteiger partial charge >= 0.3 is 0 Å². The highest BCUT2D eigenvalue weighted by Crippen LogP contribution is 2.24. The van der Waals surface area contributed by atoms with Gasteiger partial charge < -0.3 is 0 Å². The summed E-state index contributed by atoms with van der Waals surface area (Å²) < 4.78 is 52.3. The Morgan fingerprint density at radius 3 is 2.53 bits per heavy atom. The van der Waals surface area contributed by atoms with E-state index in [-0.39, 0.29) is 20.7 Å². The molecule has 0 N–H and O–H groups in total. The molecule has 0 aliphatic heterocycles. The van der Waals surface area contributed by atoms with Gasteiger partial charge in [0.15, 0.2) is 0 Å². The second-order valence-electron chi connectivity index (χ2n) is 3.77. The van der Waals surface area contributed by atoms with Gasteiger partial charge in [0.1, 0.15) is 17.5 Å². The Morgan fingerprint density at radius 2 is 1.84 bits per heavy atom. The van der Waals surface area contributed by atoms with Crippen LogP contribution in [0.25, 0.3) is 0 Å². The maximum Gasteiger partial charge on any atom is 0.144 e. The van der Waals surface area contributed by atoms with Gasteiger partial charge in [-0.05, 0) is 46.3 Å². The van der Waals surface area contributed by atoms with Crippen molar-refractivity contribution in [2.24, 2.45) is 0 Å². The predicted molar refractivity (Wildman–Crippen MR) is 70.6 cm³/mol. The molecule has 2 aromatic rings. The van der Waals surface area contributed by atoms with Crippen LogP contribution in [0.4, 0.5) is 13.2 Å². The number of halogens is 4. The molecule has 1 atom stereocenters. The minimum absolute atomic E-state index is 0.0974. The monoisotopic (exact) mass is 348 g/mol. The van der Waals surface area contributed by atoms with Gasteiger partial charge in [-0.15, -0.1) is 0 Å². The zero-order valence-corrected chi connectivity index (χ0v) is 11.9. The SMILES string of the molecule is O=S(Cc1c(F)ccc(Br)c1F)c1cccc(F)c1. The first-order chi connectivity index (χ1) is 8.99. The van der Waals surface area contributed by atoms with Crippen LogP contribution < -0.4 is 0 Å². The summed E-state index contributed by atoms with van der Waals surface area (Å²) in [5, 5.41) is 0. The molecule has 0 saturated heterocycles. The highest BCUT2D eigenvalue weighted by atomic mass is 79.9. The first-order valence-corrected chi connectivity index (χ1v) is 7.36. The van der Waals surface area contributed by atoms with Crippen molar-refractivity contribution < 1.29 is 17.4 Å². The molecule has 0 aliphatic rings. The molecule has 2 rings (SSSR count). The quantitative estimate of drug-likeness (QED) is 0.760. The highest BCUT2D eigenvalue weighted by Gasteiger charge is 2.16. The molecule has 1 nitrogen and oxygen atoms in total. The number of hydrogen-bond donors (Lipinski definition) is 0. The second kappa shape index (κ2) is 5.88. The molecule has 2 aromatic carbocycles. The molecule has 0 bridgehead atoms. The summed E-state index contributed by atoms with van der Waals surface area (Å²) in [6, 6.07) is 7.47. The molecule has 0 fully saturated rings. The molecule has 0 radical (unpaired) electrons. The summed E-state index contributed by atoms with van der Waals surface area (Å²) in [6.45, 7) is 0. The van der Waals surface area contributed by atoms with Crippen LogP contribution in [0, 0.1) is 17.5 Å². The van der Waals surface area contributed by atoms with E-state index in [1.807, 2.05) is 0 Å². The van der Waals surface area contributed by atoms with Crippen molar-refractivity contribution >= 4 is 26.7 Å². The number of rotatable bonds is 3. The highest BCUT2D eigenvalue weighted by molar-refractivity contribution is 9.10. The lowest BCUT2D eigenvalue weighted by atomic mass is 10.2. The van der Waals surface area contributed by atoms with Crippen molar-refractivity contribution in [1.82, 2.24) is 0 Å². The number of hydrogen-bond acceptors (Lipinski definition) is 1. The lowest BCUT2D eigenvalue weighted by Gasteiger charge is -2.07. The van der Waals surface area contributed by atoms with Crippen LogP contribution in [0.15, 0.2) is 45.8 Å². The van der Waals surface area contributed by atoms with Crippen molar-refractivity contribution in [3.63, 3.8) is 0 Å². The van der Waals surface area contributed by atoms with Crippen LogP contribution in [0.5, 0.6) is 0 Å². The first-order valence-electron chi connectivity index (χ1n) is 5.25. The average Bonchev–Trinajstić information content (AvgIpc) is 2.39. The van der Waals surface area contributed by atoms with E-state index < -0.39 is 28.3 Å². The molecule has 0 aromatic heterocycles. The standard InChI is InChI=1S/C13H8BrF3OS/c14-11-4-5-12(16)10(13(11)17)7-19(18)9-3-1-2-8(15)6-9/h1-6H,7H2. The summed E-state index contributed by atoms with van der Waals surface area (Å²) in [4.78, 5) is 0.193. The fourth-order valence-electron chi connectivity index (χ4n) is 1.52. The summed E-state index contributed by atoms with van der Waals surface area (Å²) in [5.41, 5.74) is -0.281. The van der Waals surface area contributed by atoms with Crippen molar-refractivity contribution in [1.29, 1.82) is 0 Å².